The van der Waals surface area contributed by atoms with E-state index in [1.165, 1.54) is 0 Å². The average Bonchev–Trinajstić information content (AvgIpc) is 2.81. The van der Waals surface area contributed by atoms with E-state index < -0.39 is 29.2 Å². The maximum atomic E-state index is 12.8. The highest BCUT2D eigenvalue weighted by Crippen LogP contribution is 2.39. The summed E-state index contributed by atoms with van der Waals surface area (Å²) in [6.45, 7) is 0. The third-order valence-corrected chi connectivity index (χ3v) is 2.89. The van der Waals surface area contributed by atoms with Gasteiger partial charge in [0.25, 0.3) is 17.3 Å². The molecule has 1 aliphatic heterocycles. The Morgan fingerprint density at radius 1 is 1.38 bits per heavy atom. The predicted octanol–water partition coefficient (Wildman–Crippen LogP) is 1.68. The summed E-state index contributed by atoms with van der Waals surface area (Å²) >= 11 is 0. The second-order valence-electron chi connectivity index (χ2n) is 4.24. The van der Waals surface area contributed by atoms with Gasteiger partial charge in [-0.2, -0.15) is 23.3 Å². The molecule has 1 aromatic carbocycles. The lowest BCUT2D eigenvalue weighted by Gasteiger charge is -2.32. The number of benzene rings is 1. The van der Waals surface area contributed by atoms with Crippen molar-refractivity contribution < 1.29 is 28.0 Å². The van der Waals surface area contributed by atoms with Crippen molar-refractivity contribution in [3.63, 3.8) is 0 Å². The third kappa shape index (κ3) is 2.44. The van der Waals surface area contributed by atoms with Crippen LogP contribution in [0.5, 0.6) is 0 Å². The first kappa shape index (κ1) is 14.9. The van der Waals surface area contributed by atoms with Crippen LogP contribution in [0.2, 0.25) is 0 Å². The molecule has 0 bridgehead atoms. The van der Waals surface area contributed by atoms with Crippen molar-refractivity contribution in [2.75, 3.05) is 0 Å². The normalized spacial score (nSPS) is 21.6. The number of amides is 1. The predicted molar refractivity (Wildman–Crippen MR) is 63.4 cm³/mol. The van der Waals surface area contributed by atoms with Crippen molar-refractivity contribution in [3.8, 4) is 0 Å². The highest BCUT2D eigenvalue weighted by molar-refractivity contribution is 5.96. The van der Waals surface area contributed by atoms with E-state index in [9.17, 15) is 33.2 Å². The molecule has 0 saturated carbocycles. The number of hydrazone groups is 1. The van der Waals surface area contributed by atoms with Gasteiger partial charge in [0, 0.05) is 30.3 Å². The minimum Gasteiger partial charge on any atom is -0.362 e. The molecule has 2 rings (SSSR count). The second-order valence-corrected chi connectivity index (χ2v) is 4.24. The molecule has 7 nitrogen and oxygen atoms in total. The van der Waals surface area contributed by atoms with Crippen LogP contribution in [0.1, 0.15) is 16.8 Å². The first-order chi connectivity index (χ1) is 9.67. The molecule has 1 atom stereocenters. The minimum atomic E-state index is -5.08. The Morgan fingerprint density at radius 2 is 1.95 bits per heavy atom. The van der Waals surface area contributed by atoms with Crippen LogP contribution in [0.3, 0.4) is 0 Å². The van der Waals surface area contributed by atoms with E-state index in [4.69, 9.17) is 0 Å². The molecule has 0 spiro atoms. The number of carbonyl (C=O) groups is 1. The zero-order chi connectivity index (χ0) is 15.8. The van der Waals surface area contributed by atoms with Crippen LogP contribution in [0.25, 0.3) is 0 Å². The average molecular weight is 303 g/mol. The number of nitrogens with zero attached hydrogens (tertiary/aromatic N) is 3. The lowest BCUT2D eigenvalue weighted by atomic mass is 10.1. The van der Waals surface area contributed by atoms with Crippen molar-refractivity contribution >= 4 is 17.8 Å². The number of rotatable bonds is 2. The van der Waals surface area contributed by atoms with Crippen LogP contribution in [0.4, 0.5) is 18.9 Å². The molecule has 1 N–H and O–H groups in total. The van der Waals surface area contributed by atoms with Crippen molar-refractivity contribution in [1.82, 2.24) is 5.01 Å². The molecule has 0 saturated heterocycles. The maximum absolute atomic E-state index is 12.8. The fourth-order valence-electron chi connectivity index (χ4n) is 1.74. The number of alkyl halides is 3. The van der Waals surface area contributed by atoms with Gasteiger partial charge in [-0.1, -0.05) is 0 Å². The Morgan fingerprint density at radius 3 is 2.43 bits per heavy atom. The van der Waals surface area contributed by atoms with Gasteiger partial charge in [-0.25, -0.2) is 0 Å². The summed E-state index contributed by atoms with van der Waals surface area (Å²) in [6, 6.07) is 3.93. The topological polar surface area (TPSA) is 96.0 Å². The zero-order valence-corrected chi connectivity index (χ0v) is 10.2. The SMILES string of the molecule is O=C(c1ccc([N+](=O)[O-])cc1)N1N=CCC1(O)C(F)(F)F. The molecule has 1 unspecified atom stereocenters. The summed E-state index contributed by atoms with van der Waals surface area (Å²) < 4.78 is 38.5. The lowest BCUT2D eigenvalue weighted by molar-refractivity contribution is -0.384. The molecule has 112 valence electrons. The molecule has 1 aromatic rings. The Bertz CT molecular complexity index is 614. The van der Waals surface area contributed by atoms with Gasteiger partial charge < -0.3 is 5.11 Å². The van der Waals surface area contributed by atoms with Crippen LogP contribution >= 0.6 is 0 Å². The molecule has 0 aromatic heterocycles. The zero-order valence-electron chi connectivity index (χ0n) is 10.2. The largest absolute Gasteiger partial charge is 0.438 e. The molecule has 0 fully saturated rings. The fraction of sp³-hybridized carbons (Fsp3) is 0.273. The number of hydrogen-bond acceptors (Lipinski definition) is 5. The van der Waals surface area contributed by atoms with Gasteiger partial charge in [0.1, 0.15) is 0 Å². The molecule has 1 aliphatic rings. The molecule has 1 amide bonds. The lowest BCUT2D eigenvalue weighted by Crippen LogP contribution is -2.56. The molecule has 21 heavy (non-hydrogen) atoms. The number of nitro benzene ring substituents is 1. The van der Waals surface area contributed by atoms with Crippen LogP contribution < -0.4 is 0 Å². The van der Waals surface area contributed by atoms with Crippen LogP contribution in [0.15, 0.2) is 29.4 Å². The van der Waals surface area contributed by atoms with E-state index >= 15 is 0 Å². The standard InChI is InChI=1S/C11H8F3N3O4/c12-11(13,14)10(19)5-6-15-16(10)9(18)7-1-3-8(4-2-7)17(20)21/h1-4,6,19H,5H2. The Balaban J connectivity index is 2.31. The molecule has 0 radical (unpaired) electrons. The summed E-state index contributed by atoms with van der Waals surface area (Å²) in [6.07, 6.45) is -5.19. The van der Waals surface area contributed by atoms with Crippen molar-refractivity contribution in [2.45, 2.75) is 18.3 Å². The molecular weight excluding hydrogens is 295 g/mol. The van der Waals surface area contributed by atoms with Crippen LogP contribution in [-0.2, 0) is 0 Å². The van der Waals surface area contributed by atoms with E-state index in [0.29, 0.717) is 0 Å². The Kier molecular flexibility index (Phi) is 3.41. The van der Waals surface area contributed by atoms with Gasteiger partial charge in [0.2, 0.25) is 0 Å². The number of aliphatic hydroxyl groups is 1. The summed E-state index contributed by atoms with van der Waals surface area (Å²) in [5.74, 6) is -1.21. The first-order valence-electron chi connectivity index (χ1n) is 5.57. The summed E-state index contributed by atoms with van der Waals surface area (Å²) in [7, 11) is 0. The quantitative estimate of drug-likeness (QED) is 0.664. The fourth-order valence-corrected chi connectivity index (χ4v) is 1.74. The smallest absolute Gasteiger partial charge is 0.362 e. The number of non-ortho nitro benzene ring substituents is 1. The summed E-state index contributed by atoms with van der Waals surface area (Å²) in [4.78, 5) is 21.7. The van der Waals surface area contributed by atoms with Gasteiger partial charge in [-0.15, -0.1) is 0 Å². The number of nitro groups is 1. The van der Waals surface area contributed by atoms with Crippen LogP contribution in [-0.4, -0.2) is 39.1 Å². The van der Waals surface area contributed by atoms with Crippen molar-refractivity contribution in [1.29, 1.82) is 0 Å². The van der Waals surface area contributed by atoms with E-state index in [1.807, 2.05) is 0 Å². The van der Waals surface area contributed by atoms with Crippen LogP contribution in [0, 0.1) is 10.1 Å². The summed E-state index contributed by atoms with van der Waals surface area (Å²) in [5, 5.41) is 23.2. The first-order valence-corrected chi connectivity index (χ1v) is 5.57. The number of carbonyl (C=O) groups excluding carboxylic acids is 1. The van der Waals surface area contributed by atoms with E-state index in [2.05, 4.69) is 5.10 Å². The number of halogens is 3. The van der Waals surface area contributed by atoms with Gasteiger partial charge >= 0.3 is 6.18 Å². The van der Waals surface area contributed by atoms with Gasteiger partial charge in [0.15, 0.2) is 0 Å². The molecule has 0 aliphatic carbocycles. The monoisotopic (exact) mass is 303 g/mol. The third-order valence-electron chi connectivity index (χ3n) is 2.89. The second kappa shape index (κ2) is 4.81. The van der Waals surface area contributed by atoms with E-state index in [-0.39, 0.29) is 16.3 Å². The Hall–Kier alpha value is -2.49. The highest BCUT2D eigenvalue weighted by Gasteiger charge is 2.61. The minimum absolute atomic E-state index is 0.0752. The Labute approximate surface area is 115 Å². The van der Waals surface area contributed by atoms with Crippen molar-refractivity contribution in [2.24, 2.45) is 5.10 Å². The van der Waals surface area contributed by atoms with Crippen molar-refractivity contribution in [3.05, 3.63) is 39.9 Å². The van der Waals surface area contributed by atoms with Gasteiger partial charge in [-0.3, -0.25) is 14.9 Å². The summed E-state index contributed by atoms with van der Waals surface area (Å²) in [5.41, 5.74) is -3.99. The maximum Gasteiger partial charge on any atom is 0.438 e. The van der Waals surface area contributed by atoms with E-state index in [0.717, 1.165) is 30.5 Å². The van der Waals surface area contributed by atoms with Gasteiger partial charge in [-0.05, 0) is 12.1 Å². The van der Waals surface area contributed by atoms with E-state index in [1.54, 1.807) is 0 Å². The van der Waals surface area contributed by atoms with Gasteiger partial charge in [0.05, 0.1) is 4.92 Å². The highest BCUT2D eigenvalue weighted by atomic mass is 19.4. The molecule has 10 heteroatoms. The molecule has 1 heterocycles. The molecular formula is C11H8F3N3O4. The number of hydrogen-bond donors (Lipinski definition) is 1.